The van der Waals surface area contributed by atoms with Crippen LogP contribution in [0, 0.1) is 11.8 Å². The molecule has 114 valence electrons. The highest BCUT2D eigenvalue weighted by Gasteiger charge is 2.24. The summed E-state index contributed by atoms with van der Waals surface area (Å²) in [6.07, 6.45) is 2.71. The summed E-state index contributed by atoms with van der Waals surface area (Å²) in [5, 5.41) is 3.79. The topological polar surface area (TPSA) is 18.5 Å². The van der Waals surface area contributed by atoms with Crippen molar-refractivity contribution in [3.8, 4) is 0 Å². The summed E-state index contributed by atoms with van der Waals surface area (Å²) in [6.45, 7) is 14.2. The summed E-state index contributed by atoms with van der Waals surface area (Å²) in [6, 6.07) is 1.29. The number of nitrogens with one attached hydrogen (secondary N) is 1. The minimum Gasteiger partial charge on any atom is -0.312 e. The van der Waals surface area contributed by atoms with E-state index < -0.39 is 0 Å². The maximum atomic E-state index is 3.79. The fourth-order valence-electron chi connectivity index (χ4n) is 3.26. The van der Waals surface area contributed by atoms with Gasteiger partial charge in [0.2, 0.25) is 0 Å². The molecule has 1 saturated heterocycles. The van der Waals surface area contributed by atoms with E-state index in [9.17, 15) is 0 Å². The Morgan fingerprint density at radius 2 is 1.74 bits per heavy atom. The number of piperidine rings is 1. The lowest BCUT2D eigenvalue weighted by Crippen LogP contribution is -2.47. The molecule has 1 rings (SSSR count). The molecule has 0 saturated carbocycles. The van der Waals surface area contributed by atoms with E-state index in [2.05, 4.69) is 56.9 Å². The lowest BCUT2D eigenvalue weighted by molar-refractivity contribution is 0.158. The summed E-state index contributed by atoms with van der Waals surface area (Å²) >= 11 is 0. The Hall–Kier alpha value is -0.120. The molecule has 0 aromatic carbocycles. The van der Waals surface area contributed by atoms with Crippen LogP contribution in [-0.4, -0.2) is 62.2 Å². The van der Waals surface area contributed by atoms with Gasteiger partial charge in [-0.1, -0.05) is 20.8 Å². The maximum absolute atomic E-state index is 3.79. The molecule has 0 aliphatic carbocycles. The van der Waals surface area contributed by atoms with E-state index in [4.69, 9.17) is 0 Å². The predicted octanol–water partition coefficient (Wildman–Crippen LogP) is 2.28. The summed E-state index contributed by atoms with van der Waals surface area (Å²) in [7, 11) is 4.38. The fraction of sp³-hybridized carbons (Fsp3) is 1.00. The minimum absolute atomic E-state index is 0.637. The summed E-state index contributed by atoms with van der Waals surface area (Å²) < 4.78 is 0. The Morgan fingerprint density at radius 1 is 1.16 bits per heavy atom. The van der Waals surface area contributed by atoms with Crippen LogP contribution in [0.5, 0.6) is 0 Å². The van der Waals surface area contributed by atoms with Crippen LogP contribution in [0.25, 0.3) is 0 Å². The molecule has 1 N–H and O–H groups in total. The van der Waals surface area contributed by atoms with Gasteiger partial charge in [-0.05, 0) is 65.3 Å². The molecule has 0 amide bonds. The first kappa shape index (κ1) is 16.9. The minimum atomic E-state index is 0.637. The van der Waals surface area contributed by atoms with Crippen LogP contribution >= 0.6 is 0 Å². The van der Waals surface area contributed by atoms with Crippen molar-refractivity contribution in [2.24, 2.45) is 11.8 Å². The second-order valence-electron chi connectivity index (χ2n) is 6.74. The molecule has 0 spiro atoms. The van der Waals surface area contributed by atoms with Gasteiger partial charge in [0.25, 0.3) is 0 Å². The molecule has 3 heteroatoms. The number of hydrogen-bond acceptors (Lipinski definition) is 3. The van der Waals surface area contributed by atoms with Gasteiger partial charge in [0, 0.05) is 18.6 Å². The Bertz CT molecular complexity index is 224. The third kappa shape index (κ3) is 5.41. The summed E-state index contributed by atoms with van der Waals surface area (Å²) in [5.74, 6) is 1.56. The van der Waals surface area contributed by atoms with Crippen LogP contribution in [0.1, 0.15) is 40.5 Å². The highest BCUT2D eigenvalue weighted by atomic mass is 15.1. The summed E-state index contributed by atoms with van der Waals surface area (Å²) in [5.41, 5.74) is 0. The Balaban J connectivity index is 2.32. The number of rotatable bonds is 7. The zero-order chi connectivity index (χ0) is 14.4. The van der Waals surface area contributed by atoms with Crippen molar-refractivity contribution >= 4 is 0 Å². The van der Waals surface area contributed by atoms with E-state index in [1.807, 2.05) is 0 Å². The molecule has 0 radical (unpaired) electrons. The Morgan fingerprint density at radius 3 is 2.16 bits per heavy atom. The van der Waals surface area contributed by atoms with E-state index in [1.165, 1.54) is 32.5 Å². The fourth-order valence-corrected chi connectivity index (χ4v) is 3.26. The van der Waals surface area contributed by atoms with Gasteiger partial charge in [-0.2, -0.15) is 0 Å². The number of likely N-dealkylation sites (tertiary alicyclic amines) is 1. The predicted molar refractivity (Wildman–Crippen MR) is 84.6 cm³/mol. The van der Waals surface area contributed by atoms with Crippen molar-refractivity contribution in [1.29, 1.82) is 0 Å². The standard InChI is InChI=1S/C16H35N3/c1-7-19-10-8-15(9-11-19)14(4)17-12-16(13(2)3)18(5)6/h13-17H,7-12H2,1-6H3. The van der Waals surface area contributed by atoms with Crippen LogP contribution < -0.4 is 5.32 Å². The maximum Gasteiger partial charge on any atom is 0.0237 e. The second-order valence-corrected chi connectivity index (χ2v) is 6.74. The smallest absolute Gasteiger partial charge is 0.0237 e. The van der Waals surface area contributed by atoms with Gasteiger partial charge in [-0.25, -0.2) is 0 Å². The largest absolute Gasteiger partial charge is 0.312 e. The number of nitrogens with zero attached hydrogens (tertiary/aromatic N) is 2. The molecular weight excluding hydrogens is 234 g/mol. The van der Waals surface area contributed by atoms with Gasteiger partial charge >= 0.3 is 0 Å². The van der Waals surface area contributed by atoms with E-state index in [0.29, 0.717) is 18.0 Å². The van der Waals surface area contributed by atoms with Gasteiger partial charge in [0.1, 0.15) is 0 Å². The molecule has 0 aromatic heterocycles. The third-order valence-corrected chi connectivity index (χ3v) is 4.87. The molecule has 2 atom stereocenters. The monoisotopic (exact) mass is 269 g/mol. The summed E-state index contributed by atoms with van der Waals surface area (Å²) in [4.78, 5) is 4.92. The first-order valence-electron chi connectivity index (χ1n) is 8.07. The van der Waals surface area contributed by atoms with Gasteiger partial charge in [-0.3, -0.25) is 0 Å². The number of hydrogen-bond donors (Lipinski definition) is 1. The van der Waals surface area contributed by atoms with E-state index in [1.54, 1.807) is 0 Å². The zero-order valence-corrected chi connectivity index (χ0v) is 13.9. The molecular formula is C16H35N3. The van der Waals surface area contributed by atoms with E-state index in [-0.39, 0.29) is 0 Å². The quantitative estimate of drug-likeness (QED) is 0.765. The lowest BCUT2D eigenvalue weighted by atomic mass is 9.90. The van der Waals surface area contributed by atoms with E-state index >= 15 is 0 Å². The normalized spacial score (nSPS) is 22.1. The highest BCUT2D eigenvalue weighted by molar-refractivity contribution is 4.81. The SMILES string of the molecule is CCN1CCC(C(C)NCC(C(C)C)N(C)C)CC1. The van der Waals surface area contributed by atoms with Crippen LogP contribution in [0.2, 0.25) is 0 Å². The van der Waals surface area contributed by atoms with Gasteiger partial charge in [-0.15, -0.1) is 0 Å². The van der Waals surface area contributed by atoms with Crippen molar-refractivity contribution < 1.29 is 0 Å². The Kier molecular flexibility index (Phi) is 7.33. The van der Waals surface area contributed by atoms with Crippen molar-refractivity contribution in [3.05, 3.63) is 0 Å². The molecule has 0 bridgehead atoms. The van der Waals surface area contributed by atoms with Gasteiger partial charge in [0.05, 0.1) is 0 Å². The van der Waals surface area contributed by atoms with Crippen LogP contribution in [0.4, 0.5) is 0 Å². The first-order chi connectivity index (χ1) is 8.95. The van der Waals surface area contributed by atoms with Crippen molar-refractivity contribution in [2.45, 2.75) is 52.6 Å². The van der Waals surface area contributed by atoms with Gasteiger partial charge in [0.15, 0.2) is 0 Å². The Labute approximate surface area is 120 Å². The van der Waals surface area contributed by atoms with Gasteiger partial charge < -0.3 is 15.1 Å². The van der Waals surface area contributed by atoms with Crippen LogP contribution in [-0.2, 0) is 0 Å². The molecule has 1 heterocycles. The molecule has 0 aromatic rings. The van der Waals surface area contributed by atoms with Crippen LogP contribution in [0.3, 0.4) is 0 Å². The molecule has 1 aliphatic rings. The lowest BCUT2D eigenvalue weighted by Gasteiger charge is -2.36. The zero-order valence-electron chi connectivity index (χ0n) is 13.9. The molecule has 19 heavy (non-hydrogen) atoms. The molecule has 1 aliphatic heterocycles. The molecule has 1 fully saturated rings. The van der Waals surface area contributed by atoms with Crippen molar-refractivity contribution in [3.63, 3.8) is 0 Å². The molecule has 3 nitrogen and oxygen atoms in total. The third-order valence-electron chi connectivity index (χ3n) is 4.87. The molecule has 2 unspecified atom stereocenters. The van der Waals surface area contributed by atoms with E-state index in [0.717, 1.165) is 12.5 Å². The van der Waals surface area contributed by atoms with Crippen LogP contribution in [0.15, 0.2) is 0 Å². The van der Waals surface area contributed by atoms with Crippen molar-refractivity contribution in [1.82, 2.24) is 15.1 Å². The second kappa shape index (κ2) is 8.23. The van der Waals surface area contributed by atoms with Crippen molar-refractivity contribution in [2.75, 3.05) is 40.3 Å². The average molecular weight is 269 g/mol. The highest BCUT2D eigenvalue weighted by Crippen LogP contribution is 2.20. The first-order valence-corrected chi connectivity index (χ1v) is 8.07. The average Bonchev–Trinajstić information content (AvgIpc) is 2.38. The number of likely N-dealkylation sites (N-methyl/N-ethyl adjacent to an activating group) is 1.